The maximum Gasteiger partial charge on any atom is 0.315 e. The van der Waals surface area contributed by atoms with Crippen molar-refractivity contribution in [2.75, 3.05) is 26.3 Å². The summed E-state index contributed by atoms with van der Waals surface area (Å²) in [5.74, 6) is 0. The maximum absolute atomic E-state index is 12.0. The summed E-state index contributed by atoms with van der Waals surface area (Å²) in [6, 6.07) is 16.4. The highest BCUT2D eigenvalue weighted by Crippen LogP contribution is 2.09. The number of amides is 2. The van der Waals surface area contributed by atoms with E-state index in [4.69, 9.17) is 4.74 Å². The number of nitrogens with zero attached hydrogens (tertiary/aromatic N) is 1. The highest BCUT2D eigenvalue weighted by molar-refractivity contribution is 5.73. The van der Waals surface area contributed by atoms with Gasteiger partial charge in [0.1, 0.15) is 0 Å². The van der Waals surface area contributed by atoms with Gasteiger partial charge in [-0.2, -0.15) is 0 Å². The van der Waals surface area contributed by atoms with E-state index in [0.29, 0.717) is 13.1 Å². The number of rotatable bonds is 6. The molecule has 138 valence electrons. The number of benzene rings is 2. The molecule has 0 aromatic heterocycles. The van der Waals surface area contributed by atoms with Crippen LogP contribution in [0.15, 0.2) is 48.5 Å². The van der Waals surface area contributed by atoms with Gasteiger partial charge in [0.15, 0.2) is 0 Å². The third-order valence-electron chi connectivity index (χ3n) is 4.69. The van der Waals surface area contributed by atoms with E-state index in [0.717, 1.165) is 44.0 Å². The van der Waals surface area contributed by atoms with Gasteiger partial charge in [0, 0.05) is 32.7 Å². The van der Waals surface area contributed by atoms with Crippen LogP contribution in [-0.4, -0.2) is 37.2 Å². The molecule has 2 amide bonds. The van der Waals surface area contributed by atoms with Crippen LogP contribution in [0.5, 0.6) is 0 Å². The first-order valence-electron chi connectivity index (χ1n) is 9.15. The van der Waals surface area contributed by atoms with E-state index in [1.807, 2.05) is 31.2 Å². The molecule has 26 heavy (non-hydrogen) atoms. The Bertz CT molecular complexity index is 709. The number of urea groups is 1. The number of carbonyl (C=O) groups excluding carboxylic acids is 1. The molecule has 1 aliphatic heterocycles. The van der Waals surface area contributed by atoms with Crippen molar-refractivity contribution in [3.8, 4) is 0 Å². The Balaban J connectivity index is 1.41. The van der Waals surface area contributed by atoms with Crippen LogP contribution in [0, 0.1) is 6.92 Å². The van der Waals surface area contributed by atoms with Crippen molar-refractivity contribution in [1.82, 2.24) is 15.5 Å². The zero-order valence-electron chi connectivity index (χ0n) is 15.3. The molecule has 1 aliphatic rings. The van der Waals surface area contributed by atoms with Gasteiger partial charge in [0.05, 0.1) is 13.2 Å². The Morgan fingerprint density at radius 2 is 1.62 bits per heavy atom. The van der Waals surface area contributed by atoms with E-state index >= 15 is 0 Å². The normalized spacial score (nSPS) is 14.8. The molecule has 1 saturated heterocycles. The second kappa shape index (κ2) is 9.36. The standard InChI is InChI=1S/C21H27N3O2/c1-17-4-2-3-5-20(17)15-23-21(25)22-14-18-6-8-19(9-7-18)16-24-10-12-26-13-11-24/h2-9H,10-16H2,1H3,(H2,22,23,25). The van der Waals surface area contributed by atoms with Gasteiger partial charge in [0.2, 0.25) is 0 Å². The number of nitrogens with one attached hydrogen (secondary N) is 2. The molecule has 0 spiro atoms. The summed E-state index contributed by atoms with van der Waals surface area (Å²) >= 11 is 0. The summed E-state index contributed by atoms with van der Waals surface area (Å²) in [4.78, 5) is 14.4. The fourth-order valence-electron chi connectivity index (χ4n) is 3.01. The number of hydrogen-bond acceptors (Lipinski definition) is 3. The molecule has 1 heterocycles. The van der Waals surface area contributed by atoms with Crippen LogP contribution in [0.3, 0.4) is 0 Å². The Hall–Kier alpha value is -2.37. The van der Waals surface area contributed by atoms with Crippen molar-refractivity contribution >= 4 is 6.03 Å². The Labute approximate surface area is 155 Å². The first kappa shape index (κ1) is 18.4. The SMILES string of the molecule is Cc1ccccc1CNC(=O)NCc1ccc(CN2CCOCC2)cc1. The first-order chi connectivity index (χ1) is 12.7. The molecule has 5 nitrogen and oxygen atoms in total. The van der Waals surface area contributed by atoms with E-state index in [1.54, 1.807) is 0 Å². The largest absolute Gasteiger partial charge is 0.379 e. The third-order valence-corrected chi connectivity index (χ3v) is 4.69. The molecular weight excluding hydrogens is 326 g/mol. The van der Waals surface area contributed by atoms with E-state index in [-0.39, 0.29) is 6.03 Å². The van der Waals surface area contributed by atoms with E-state index in [9.17, 15) is 4.79 Å². The fourth-order valence-corrected chi connectivity index (χ4v) is 3.01. The number of hydrogen-bond donors (Lipinski definition) is 2. The van der Waals surface area contributed by atoms with Crippen LogP contribution in [0.2, 0.25) is 0 Å². The topological polar surface area (TPSA) is 53.6 Å². The lowest BCUT2D eigenvalue weighted by Crippen LogP contribution is -2.35. The lowest BCUT2D eigenvalue weighted by molar-refractivity contribution is 0.0342. The van der Waals surface area contributed by atoms with Gasteiger partial charge in [0.25, 0.3) is 0 Å². The average Bonchev–Trinajstić information content (AvgIpc) is 2.68. The van der Waals surface area contributed by atoms with Crippen LogP contribution >= 0.6 is 0 Å². The van der Waals surface area contributed by atoms with Crippen molar-refractivity contribution in [3.05, 3.63) is 70.8 Å². The quantitative estimate of drug-likeness (QED) is 0.840. The number of ether oxygens (including phenoxy) is 1. The molecule has 0 bridgehead atoms. The predicted molar refractivity (Wildman–Crippen MR) is 103 cm³/mol. The van der Waals surface area contributed by atoms with Gasteiger partial charge in [-0.1, -0.05) is 48.5 Å². The minimum absolute atomic E-state index is 0.148. The fraction of sp³-hybridized carbons (Fsp3) is 0.381. The second-order valence-electron chi connectivity index (χ2n) is 6.67. The number of carbonyl (C=O) groups is 1. The molecular formula is C21H27N3O2. The van der Waals surface area contributed by atoms with Gasteiger partial charge in [-0.3, -0.25) is 4.90 Å². The van der Waals surface area contributed by atoms with Crippen molar-refractivity contribution in [3.63, 3.8) is 0 Å². The smallest absolute Gasteiger partial charge is 0.315 e. The average molecular weight is 353 g/mol. The molecule has 0 radical (unpaired) electrons. The van der Waals surface area contributed by atoms with Crippen LogP contribution in [0.1, 0.15) is 22.3 Å². The molecule has 1 fully saturated rings. The van der Waals surface area contributed by atoms with Crippen LogP contribution < -0.4 is 10.6 Å². The molecule has 0 unspecified atom stereocenters. The van der Waals surface area contributed by atoms with E-state index < -0.39 is 0 Å². The first-order valence-corrected chi connectivity index (χ1v) is 9.15. The monoisotopic (exact) mass is 353 g/mol. The molecule has 5 heteroatoms. The van der Waals surface area contributed by atoms with Gasteiger partial charge in [-0.15, -0.1) is 0 Å². The molecule has 3 rings (SSSR count). The van der Waals surface area contributed by atoms with Gasteiger partial charge >= 0.3 is 6.03 Å². The summed E-state index contributed by atoms with van der Waals surface area (Å²) in [5, 5.41) is 5.82. The minimum atomic E-state index is -0.148. The molecule has 2 aromatic carbocycles. The molecule has 2 N–H and O–H groups in total. The van der Waals surface area contributed by atoms with Crippen molar-refractivity contribution < 1.29 is 9.53 Å². The summed E-state index contributed by atoms with van der Waals surface area (Å²) in [5.41, 5.74) is 4.71. The van der Waals surface area contributed by atoms with Gasteiger partial charge < -0.3 is 15.4 Å². The summed E-state index contributed by atoms with van der Waals surface area (Å²) in [6.07, 6.45) is 0. The zero-order chi connectivity index (χ0) is 18.2. The number of morpholine rings is 1. The molecule has 0 atom stereocenters. The van der Waals surface area contributed by atoms with Crippen molar-refractivity contribution in [1.29, 1.82) is 0 Å². The maximum atomic E-state index is 12.0. The van der Waals surface area contributed by atoms with Crippen molar-refractivity contribution in [2.24, 2.45) is 0 Å². The van der Waals surface area contributed by atoms with Crippen molar-refractivity contribution in [2.45, 2.75) is 26.6 Å². The van der Waals surface area contributed by atoms with Crippen LogP contribution in [0.4, 0.5) is 4.79 Å². The van der Waals surface area contributed by atoms with Crippen LogP contribution in [0.25, 0.3) is 0 Å². The second-order valence-corrected chi connectivity index (χ2v) is 6.67. The Morgan fingerprint density at radius 3 is 2.35 bits per heavy atom. The molecule has 0 aliphatic carbocycles. The Kier molecular flexibility index (Phi) is 6.63. The molecule has 0 saturated carbocycles. The third kappa shape index (κ3) is 5.58. The molecule has 2 aromatic rings. The minimum Gasteiger partial charge on any atom is -0.379 e. The lowest BCUT2D eigenvalue weighted by Gasteiger charge is -2.26. The van der Waals surface area contributed by atoms with Crippen LogP contribution in [-0.2, 0) is 24.4 Å². The van der Waals surface area contributed by atoms with E-state index in [1.165, 1.54) is 11.1 Å². The number of aryl methyl sites for hydroxylation is 1. The Morgan fingerprint density at radius 1 is 0.962 bits per heavy atom. The van der Waals surface area contributed by atoms with Gasteiger partial charge in [-0.05, 0) is 29.2 Å². The highest BCUT2D eigenvalue weighted by Gasteiger charge is 2.10. The predicted octanol–water partition coefficient (Wildman–Crippen LogP) is 2.83. The summed E-state index contributed by atoms with van der Waals surface area (Å²) in [7, 11) is 0. The summed E-state index contributed by atoms with van der Waals surface area (Å²) < 4.78 is 5.38. The zero-order valence-corrected chi connectivity index (χ0v) is 15.3. The lowest BCUT2D eigenvalue weighted by atomic mass is 10.1. The highest BCUT2D eigenvalue weighted by atomic mass is 16.5. The van der Waals surface area contributed by atoms with Gasteiger partial charge in [-0.25, -0.2) is 4.79 Å². The summed E-state index contributed by atoms with van der Waals surface area (Å²) in [6.45, 7) is 7.68. The van der Waals surface area contributed by atoms with E-state index in [2.05, 4.69) is 39.8 Å².